The molecular formula is C10H12BBr2O2. The van der Waals surface area contributed by atoms with E-state index >= 15 is 0 Å². The third kappa shape index (κ3) is 3.03. The second-order valence-corrected chi connectivity index (χ2v) is 5.61. The molecule has 0 aromatic rings. The predicted octanol–water partition coefficient (Wildman–Crippen LogP) is 4.13. The maximum absolute atomic E-state index is 5.46. The molecule has 0 spiro atoms. The number of allylic oxidation sites excluding steroid dienone is 4. The van der Waals surface area contributed by atoms with Gasteiger partial charge in [-0.15, -0.1) is 0 Å². The minimum Gasteiger partial charge on any atom is -0.529 e. The maximum Gasteiger partial charge on any atom is 0.657 e. The van der Waals surface area contributed by atoms with Crippen LogP contribution in [0.5, 0.6) is 0 Å². The van der Waals surface area contributed by atoms with Gasteiger partial charge >= 0.3 is 7.69 Å². The number of hydrogen-bond acceptors (Lipinski definition) is 2. The van der Waals surface area contributed by atoms with E-state index in [1.165, 1.54) is 16.6 Å². The summed E-state index contributed by atoms with van der Waals surface area (Å²) in [5.41, 5.74) is 0. The average Bonchev–Trinajstić information content (AvgIpc) is 2.78. The topological polar surface area (TPSA) is 18.5 Å². The lowest BCUT2D eigenvalue weighted by Gasteiger charge is -2.08. The first-order chi connectivity index (χ1) is 7.27. The van der Waals surface area contributed by atoms with Crippen LogP contribution in [0.15, 0.2) is 20.5 Å². The summed E-state index contributed by atoms with van der Waals surface area (Å²) in [5.74, 6) is 2.01. The summed E-state index contributed by atoms with van der Waals surface area (Å²) in [6.07, 6.45) is 6.48. The Bertz CT molecular complexity index is 283. The van der Waals surface area contributed by atoms with Crippen molar-refractivity contribution in [2.24, 2.45) is 0 Å². The van der Waals surface area contributed by atoms with Gasteiger partial charge in [-0.25, -0.2) is 0 Å². The Balaban J connectivity index is 1.75. The molecule has 0 amide bonds. The fourth-order valence-electron chi connectivity index (χ4n) is 1.74. The minimum absolute atomic E-state index is 1.00. The van der Waals surface area contributed by atoms with Crippen LogP contribution in [-0.4, -0.2) is 7.69 Å². The van der Waals surface area contributed by atoms with Gasteiger partial charge in [-0.3, -0.25) is 0 Å². The highest BCUT2D eigenvalue weighted by atomic mass is 79.9. The molecule has 0 unspecified atom stereocenters. The van der Waals surface area contributed by atoms with Crippen LogP contribution < -0.4 is 0 Å². The van der Waals surface area contributed by atoms with E-state index in [4.69, 9.17) is 9.31 Å². The van der Waals surface area contributed by atoms with Gasteiger partial charge in [0.05, 0.1) is 11.5 Å². The van der Waals surface area contributed by atoms with E-state index in [0.717, 1.165) is 50.0 Å². The van der Waals surface area contributed by atoms with Gasteiger partial charge < -0.3 is 9.31 Å². The van der Waals surface area contributed by atoms with Gasteiger partial charge in [0.15, 0.2) is 0 Å². The Labute approximate surface area is 108 Å². The molecule has 0 N–H and O–H groups in total. The summed E-state index contributed by atoms with van der Waals surface area (Å²) in [5, 5.41) is 0. The predicted molar refractivity (Wildman–Crippen MR) is 67.5 cm³/mol. The lowest BCUT2D eigenvalue weighted by atomic mass is 10.3. The molecular weight excluding hydrogens is 323 g/mol. The number of hydrogen-bond donors (Lipinski definition) is 0. The van der Waals surface area contributed by atoms with Crippen LogP contribution >= 0.6 is 31.9 Å². The molecule has 5 heteroatoms. The van der Waals surface area contributed by atoms with Gasteiger partial charge in [0.2, 0.25) is 0 Å². The summed E-state index contributed by atoms with van der Waals surface area (Å²) in [4.78, 5) is 0. The quantitative estimate of drug-likeness (QED) is 0.720. The highest BCUT2D eigenvalue weighted by Gasteiger charge is 2.18. The van der Waals surface area contributed by atoms with Crippen molar-refractivity contribution in [3.05, 3.63) is 20.5 Å². The smallest absolute Gasteiger partial charge is 0.529 e. The summed E-state index contributed by atoms with van der Waals surface area (Å²) in [6, 6.07) is 0. The third-order valence-electron chi connectivity index (χ3n) is 2.59. The Morgan fingerprint density at radius 3 is 1.60 bits per heavy atom. The van der Waals surface area contributed by atoms with Crippen molar-refractivity contribution in [2.75, 3.05) is 0 Å². The molecule has 81 valence electrons. The minimum atomic E-state index is 1.00. The fourth-order valence-corrected chi connectivity index (χ4v) is 2.89. The van der Waals surface area contributed by atoms with Gasteiger partial charge in [-0.2, -0.15) is 0 Å². The van der Waals surface area contributed by atoms with Crippen molar-refractivity contribution >= 4 is 39.5 Å². The van der Waals surface area contributed by atoms with Gasteiger partial charge in [-0.1, -0.05) is 31.9 Å². The standard InChI is InChI=1S/C10H12BBr2O2/c12-7-3-1-5-9(7)14-11-15-10-6-2-4-8(10)13/h1-6H2. The highest BCUT2D eigenvalue weighted by molar-refractivity contribution is 9.12. The second-order valence-electron chi connectivity index (χ2n) is 3.70. The van der Waals surface area contributed by atoms with Gasteiger partial charge in [0.25, 0.3) is 0 Å². The zero-order chi connectivity index (χ0) is 10.7. The largest absolute Gasteiger partial charge is 0.657 e. The molecule has 0 saturated heterocycles. The van der Waals surface area contributed by atoms with E-state index in [2.05, 4.69) is 31.9 Å². The highest BCUT2D eigenvalue weighted by Crippen LogP contribution is 2.32. The van der Waals surface area contributed by atoms with Crippen molar-refractivity contribution in [1.82, 2.24) is 0 Å². The molecule has 2 nitrogen and oxygen atoms in total. The summed E-state index contributed by atoms with van der Waals surface area (Å²) < 4.78 is 13.2. The van der Waals surface area contributed by atoms with Gasteiger partial charge in [0.1, 0.15) is 0 Å². The van der Waals surface area contributed by atoms with E-state index in [1.54, 1.807) is 0 Å². The molecule has 0 fully saturated rings. The molecule has 0 aromatic heterocycles. The molecule has 2 aliphatic carbocycles. The van der Waals surface area contributed by atoms with Crippen LogP contribution in [0.1, 0.15) is 38.5 Å². The van der Waals surface area contributed by atoms with Crippen molar-refractivity contribution in [3.8, 4) is 0 Å². The van der Waals surface area contributed by atoms with Crippen molar-refractivity contribution in [2.45, 2.75) is 38.5 Å². The van der Waals surface area contributed by atoms with Gasteiger partial charge in [-0.05, 0) is 25.7 Å². The first-order valence-corrected chi connectivity index (χ1v) is 6.76. The maximum atomic E-state index is 5.46. The van der Waals surface area contributed by atoms with E-state index in [1.807, 2.05) is 0 Å². The average molecular weight is 335 g/mol. The lowest BCUT2D eigenvalue weighted by molar-refractivity contribution is 0.312. The van der Waals surface area contributed by atoms with Crippen molar-refractivity contribution < 1.29 is 9.31 Å². The number of rotatable bonds is 4. The molecule has 15 heavy (non-hydrogen) atoms. The first kappa shape index (κ1) is 11.6. The molecule has 0 heterocycles. The Morgan fingerprint density at radius 2 is 1.27 bits per heavy atom. The molecule has 0 aromatic carbocycles. The monoisotopic (exact) mass is 333 g/mol. The van der Waals surface area contributed by atoms with Crippen LogP contribution in [0.3, 0.4) is 0 Å². The molecule has 0 bridgehead atoms. The normalized spacial score (nSPS) is 21.2. The zero-order valence-corrected chi connectivity index (χ0v) is 11.6. The van der Waals surface area contributed by atoms with Crippen molar-refractivity contribution in [3.63, 3.8) is 0 Å². The third-order valence-corrected chi connectivity index (χ3v) is 4.26. The summed E-state index contributed by atoms with van der Waals surface area (Å²) >= 11 is 6.98. The van der Waals surface area contributed by atoms with E-state index in [0.29, 0.717) is 0 Å². The first-order valence-electron chi connectivity index (χ1n) is 5.17. The summed E-state index contributed by atoms with van der Waals surface area (Å²) in [6.45, 7) is 0. The Hall–Kier alpha value is 0.105. The fraction of sp³-hybridized carbons (Fsp3) is 0.600. The van der Waals surface area contributed by atoms with Crippen LogP contribution in [0.4, 0.5) is 0 Å². The van der Waals surface area contributed by atoms with Crippen LogP contribution in [-0.2, 0) is 9.31 Å². The zero-order valence-electron chi connectivity index (χ0n) is 8.39. The molecule has 0 saturated carbocycles. The van der Waals surface area contributed by atoms with E-state index in [9.17, 15) is 0 Å². The SMILES string of the molecule is BrC1=C(O[B]OC2=C(Br)CCC2)CCC1. The van der Waals surface area contributed by atoms with Crippen LogP contribution in [0.2, 0.25) is 0 Å². The Morgan fingerprint density at radius 1 is 0.800 bits per heavy atom. The molecule has 0 atom stereocenters. The van der Waals surface area contributed by atoms with Crippen LogP contribution in [0.25, 0.3) is 0 Å². The Kier molecular flexibility index (Phi) is 4.20. The van der Waals surface area contributed by atoms with E-state index in [-0.39, 0.29) is 0 Å². The second kappa shape index (κ2) is 5.44. The van der Waals surface area contributed by atoms with Crippen molar-refractivity contribution in [1.29, 1.82) is 0 Å². The van der Waals surface area contributed by atoms with Crippen LogP contribution in [0, 0.1) is 0 Å². The molecule has 2 rings (SSSR count). The van der Waals surface area contributed by atoms with Gasteiger partial charge in [0, 0.05) is 21.8 Å². The number of halogens is 2. The molecule has 2 aliphatic rings. The van der Waals surface area contributed by atoms with E-state index < -0.39 is 0 Å². The lowest BCUT2D eigenvalue weighted by Crippen LogP contribution is -2.03. The molecule has 1 radical (unpaired) electrons. The molecule has 0 aliphatic heterocycles. The summed E-state index contributed by atoms with van der Waals surface area (Å²) in [7, 11) is 1.45.